The van der Waals surface area contributed by atoms with Crippen LogP contribution in [0, 0.1) is 6.92 Å². The van der Waals surface area contributed by atoms with Gasteiger partial charge in [0.25, 0.3) is 5.91 Å². The first-order chi connectivity index (χ1) is 15.4. The second kappa shape index (κ2) is 7.49. The maximum absolute atomic E-state index is 13.3. The van der Waals surface area contributed by atoms with E-state index < -0.39 is 29.9 Å². The van der Waals surface area contributed by atoms with Crippen molar-refractivity contribution in [2.24, 2.45) is 0 Å². The van der Waals surface area contributed by atoms with Crippen molar-refractivity contribution in [3.05, 3.63) is 76.4 Å². The largest absolute Gasteiger partial charge is 0.325 e. The molecule has 32 heavy (non-hydrogen) atoms. The van der Waals surface area contributed by atoms with E-state index in [0.717, 1.165) is 16.0 Å². The van der Waals surface area contributed by atoms with Crippen LogP contribution in [-0.4, -0.2) is 39.1 Å². The van der Waals surface area contributed by atoms with Crippen LogP contribution in [0.15, 0.2) is 54.6 Å². The summed E-state index contributed by atoms with van der Waals surface area (Å²) in [5.41, 5.74) is 2.12. The molecule has 2 N–H and O–H groups in total. The van der Waals surface area contributed by atoms with Gasteiger partial charge in [0.15, 0.2) is 0 Å². The molecular formula is C23H20ClN5O3. The van der Waals surface area contributed by atoms with Crippen molar-refractivity contribution < 1.29 is 14.4 Å². The Morgan fingerprint density at radius 2 is 2.00 bits per heavy atom. The van der Waals surface area contributed by atoms with E-state index in [1.807, 2.05) is 30.3 Å². The topological polar surface area (TPSA) is 96.3 Å². The van der Waals surface area contributed by atoms with E-state index in [2.05, 4.69) is 15.7 Å². The highest BCUT2D eigenvalue weighted by atomic mass is 35.5. The van der Waals surface area contributed by atoms with Crippen molar-refractivity contribution in [1.29, 1.82) is 0 Å². The Morgan fingerprint density at radius 3 is 2.81 bits per heavy atom. The third kappa shape index (κ3) is 3.23. The fraction of sp³-hybridized carbons (Fsp3) is 0.217. The standard InChI is InChI=1S/C23H20ClN5O3/c1-14-11-19(29(27-14)17-7-4-6-16(24)12-17)25-20(30)13-28-21(31)23(26-22(28)32)10-9-15-5-2-3-8-18(15)23/h2-8,11-12H,9-10,13H2,1H3,(H,25,30)(H,26,32)/t23-/m1/s1. The number of carbonyl (C=O) groups is 3. The number of benzene rings is 2. The fourth-order valence-electron chi connectivity index (χ4n) is 4.45. The minimum atomic E-state index is -1.09. The van der Waals surface area contributed by atoms with Gasteiger partial charge in [-0.15, -0.1) is 0 Å². The average Bonchev–Trinajstić information content (AvgIpc) is 3.39. The summed E-state index contributed by atoms with van der Waals surface area (Å²) in [5.74, 6) is -0.482. The molecule has 2 aromatic carbocycles. The number of amides is 4. The van der Waals surface area contributed by atoms with Crippen LogP contribution in [0.2, 0.25) is 5.02 Å². The van der Waals surface area contributed by atoms with Gasteiger partial charge in [-0.25, -0.2) is 9.48 Å². The Morgan fingerprint density at radius 1 is 1.19 bits per heavy atom. The van der Waals surface area contributed by atoms with Gasteiger partial charge < -0.3 is 10.6 Å². The number of urea groups is 1. The lowest BCUT2D eigenvalue weighted by Gasteiger charge is -2.22. The maximum Gasteiger partial charge on any atom is 0.325 e. The lowest BCUT2D eigenvalue weighted by Crippen LogP contribution is -2.43. The summed E-state index contributed by atoms with van der Waals surface area (Å²) in [5, 5.41) is 10.5. The summed E-state index contributed by atoms with van der Waals surface area (Å²) in [6, 6.07) is 15.8. The molecule has 9 heteroatoms. The Bertz CT molecular complexity index is 1270. The summed E-state index contributed by atoms with van der Waals surface area (Å²) >= 11 is 6.08. The maximum atomic E-state index is 13.3. The van der Waals surface area contributed by atoms with E-state index in [1.54, 1.807) is 35.9 Å². The number of aromatic nitrogens is 2. The van der Waals surface area contributed by atoms with Crippen LogP contribution >= 0.6 is 11.6 Å². The van der Waals surface area contributed by atoms with Crippen LogP contribution in [0.3, 0.4) is 0 Å². The van der Waals surface area contributed by atoms with Crippen molar-refractivity contribution in [3.8, 4) is 5.69 Å². The third-order valence-electron chi connectivity index (χ3n) is 5.88. The number of carbonyl (C=O) groups excluding carboxylic acids is 3. The smallest absolute Gasteiger partial charge is 0.319 e. The molecule has 1 atom stereocenters. The van der Waals surface area contributed by atoms with Gasteiger partial charge in [0.2, 0.25) is 5.91 Å². The van der Waals surface area contributed by atoms with Gasteiger partial charge in [-0.1, -0.05) is 41.9 Å². The molecule has 2 heterocycles. The normalized spacial score (nSPS) is 19.4. The molecule has 1 saturated heterocycles. The van der Waals surface area contributed by atoms with Gasteiger partial charge in [0, 0.05) is 11.1 Å². The van der Waals surface area contributed by atoms with Crippen LogP contribution in [0.5, 0.6) is 0 Å². The average molecular weight is 450 g/mol. The molecule has 4 amide bonds. The zero-order chi connectivity index (χ0) is 22.5. The summed E-state index contributed by atoms with van der Waals surface area (Å²) in [7, 11) is 0. The van der Waals surface area contributed by atoms with Crippen molar-refractivity contribution in [2.75, 3.05) is 11.9 Å². The molecule has 1 aliphatic carbocycles. The molecule has 0 radical (unpaired) electrons. The number of halogens is 1. The van der Waals surface area contributed by atoms with Gasteiger partial charge >= 0.3 is 6.03 Å². The highest BCUT2D eigenvalue weighted by molar-refractivity contribution is 6.30. The number of anilines is 1. The molecule has 1 spiro atoms. The van der Waals surface area contributed by atoms with Crippen LogP contribution in [0.1, 0.15) is 23.2 Å². The molecule has 2 aliphatic rings. The zero-order valence-corrected chi connectivity index (χ0v) is 18.0. The summed E-state index contributed by atoms with van der Waals surface area (Å²) in [6.45, 7) is 1.41. The van der Waals surface area contributed by atoms with E-state index in [9.17, 15) is 14.4 Å². The minimum Gasteiger partial charge on any atom is -0.319 e. The van der Waals surface area contributed by atoms with E-state index in [-0.39, 0.29) is 0 Å². The van der Waals surface area contributed by atoms with E-state index in [4.69, 9.17) is 11.6 Å². The van der Waals surface area contributed by atoms with Gasteiger partial charge in [0.05, 0.1) is 11.4 Å². The first kappa shape index (κ1) is 20.3. The molecule has 0 unspecified atom stereocenters. The molecule has 5 rings (SSSR count). The zero-order valence-electron chi connectivity index (χ0n) is 17.3. The predicted octanol–water partition coefficient (Wildman–Crippen LogP) is 3.17. The van der Waals surface area contributed by atoms with Crippen molar-refractivity contribution >= 4 is 35.3 Å². The molecule has 8 nitrogen and oxygen atoms in total. The summed E-state index contributed by atoms with van der Waals surface area (Å²) in [6.07, 6.45) is 1.18. The second-order valence-corrected chi connectivity index (χ2v) is 8.43. The first-order valence-corrected chi connectivity index (χ1v) is 10.6. The van der Waals surface area contributed by atoms with Crippen LogP contribution in [0.25, 0.3) is 5.69 Å². The van der Waals surface area contributed by atoms with Gasteiger partial charge in [-0.05, 0) is 49.1 Å². The molecule has 1 aliphatic heterocycles. The van der Waals surface area contributed by atoms with Crippen LogP contribution in [-0.2, 0) is 21.5 Å². The Hall–Kier alpha value is -3.65. The quantitative estimate of drug-likeness (QED) is 0.598. The Balaban J connectivity index is 1.36. The lowest BCUT2D eigenvalue weighted by atomic mass is 9.92. The number of fused-ring (bicyclic) bond motifs is 2. The Labute approximate surface area is 189 Å². The molecule has 1 aromatic heterocycles. The monoisotopic (exact) mass is 449 g/mol. The summed E-state index contributed by atoms with van der Waals surface area (Å²) in [4.78, 5) is 39.7. The van der Waals surface area contributed by atoms with Crippen molar-refractivity contribution in [2.45, 2.75) is 25.3 Å². The number of rotatable bonds is 4. The van der Waals surface area contributed by atoms with E-state index >= 15 is 0 Å². The Kier molecular flexibility index (Phi) is 4.74. The SMILES string of the molecule is Cc1cc(NC(=O)CN2C(=O)N[C@@]3(CCc4ccccc43)C2=O)n(-c2cccc(Cl)c2)n1. The first-order valence-electron chi connectivity index (χ1n) is 10.2. The van der Waals surface area contributed by atoms with Crippen LogP contribution < -0.4 is 10.6 Å². The highest BCUT2D eigenvalue weighted by Gasteiger charge is 2.55. The third-order valence-corrected chi connectivity index (χ3v) is 6.11. The molecular weight excluding hydrogens is 430 g/mol. The molecule has 0 saturated carbocycles. The predicted molar refractivity (Wildman–Crippen MR) is 119 cm³/mol. The number of nitrogens with zero attached hydrogens (tertiary/aromatic N) is 3. The minimum absolute atomic E-state index is 0.394. The second-order valence-electron chi connectivity index (χ2n) is 7.99. The molecule has 3 aromatic rings. The summed E-state index contributed by atoms with van der Waals surface area (Å²) < 4.78 is 1.56. The molecule has 162 valence electrons. The van der Waals surface area contributed by atoms with E-state index in [1.165, 1.54) is 0 Å². The number of aryl methyl sites for hydroxylation is 2. The lowest BCUT2D eigenvalue weighted by molar-refractivity contribution is -0.134. The molecule has 1 fully saturated rings. The number of imide groups is 1. The van der Waals surface area contributed by atoms with Gasteiger partial charge in [-0.2, -0.15) is 5.10 Å². The van der Waals surface area contributed by atoms with E-state index in [0.29, 0.717) is 35.1 Å². The fourth-order valence-corrected chi connectivity index (χ4v) is 4.64. The highest BCUT2D eigenvalue weighted by Crippen LogP contribution is 2.41. The number of hydrogen-bond donors (Lipinski definition) is 2. The van der Waals surface area contributed by atoms with Gasteiger partial charge in [0.1, 0.15) is 17.9 Å². The van der Waals surface area contributed by atoms with Crippen molar-refractivity contribution in [1.82, 2.24) is 20.0 Å². The number of hydrogen-bond acceptors (Lipinski definition) is 4. The number of nitrogens with one attached hydrogen (secondary N) is 2. The van der Waals surface area contributed by atoms with Crippen molar-refractivity contribution in [3.63, 3.8) is 0 Å². The molecule has 0 bridgehead atoms. The van der Waals surface area contributed by atoms with Crippen LogP contribution in [0.4, 0.5) is 10.6 Å². The van der Waals surface area contributed by atoms with Gasteiger partial charge in [-0.3, -0.25) is 14.5 Å².